The maximum absolute atomic E-state index is 13.6. The summed E-state index contributed by atoms with van der Waals surface area (Å²) in [6.07, 6.45) is 10.7. The average molecular weight is 395 g/mol. The highest BCUT2D eigenvalue weighted by Crippen LogP contribution is 2.33. The first-order valence-corrected chi connectivity index (χ1v) is 10.6. The Labute approximate surface area is 175 Å². The van der Waals surface area contributed by atoms with Crippen molar-refractivity contribution >= 4 is 11.6 Å². The Hall–Kier alpha value is -2.43. The van der Waals surface area contributed by atoms with Gasteiger partial charge in [0.05, 0.1) is 11.9 Å². The molecule has 156 valence electrons. The Morgan fingerprint density at radius 2 is 1.69 bits per heavy atom. The Bertz CT molecular complexity index is 807. The Balaban J connectivity index is 1.93. The molecule has 0 aliphatic heterocycles. The molecule has 5 nitrogen and oxygen atoms in total. The van der Waals surface area contributed by atoms with Gasteiger partial charge in [-0.15, -0.1) is 0 Å². The highest BCUT2D eigenvalue weighted by Gasteiger charge is 2.42. The number of rotatable bonds is 5. The zero-order valence-corrected chi connectivity index (χ0v) is 18.4. The molecule has 1 N–H and O–H groups in total. The number of anilines is 1. The second kappa shape index (κ2) is 8.52. The molecule has 0 radical (unpaired) electrons. The molecule has 1 atom stereocenters. The lowest BCUT2D eigenvalue weighted by Crippen LogP contribution is -2.56. The van der Waals surface area contributed by atoms with Crippen LogP contribution in [0.5, 0.6) is 0 Å². The molecule has 1 saturated carbocycles. The van der Waals surface area contributed by atoms with E-state index in [4.69, 9.17) is 0 Å². The van der Waals surface area contributed by atoms with Crippen molar-refractivity contribution in [2.24, 2.45) is 0 Å². The van der Waals surface area contributed by atoms with Gasteiger partial charge in [0, 0.05) is 31.2 Å². The predicted octanol–water partition coefficient (Wildman–Crippen LogP) is 4.57. The molecule has 0 saturated heterocycles. The van der Waals surface area contributed by atoms with Gasteiger partial charge < -0.3 is 10.2 Å². The van der Waals surface area contributed by atoms with Gasteiger partial charge in [-0.2, -0.15) is 0 Å². The normalized spacial score (nSPS) is 17.4. The van der Waals surface area contributed by atoms with Crippen LogP contribution in [0.4, 0.5) is 5.69 Å². The van der Waals surface area contributed by atoms with Crippen molar-refractivity contribution in [2.45, 2.75) is 76.8 Å². The van der Waals surface area contributed by atoms with E-state index in [1.165, 1.54) is 24.8 Å². The lowest BCUT2D eigenvalue weighted by atomic mass is 9.86. The first-order valence-electron chi connectivity index (χ1n) is 10.6. The molecule has 1 heterocycles. The zero-order valence-electron chi connectivity index (χ0n) is 18.4. The number of hydrogen-bond acceptors (Lipinski definition) is 4. The number of nitrogens with one attached hydrogen (secondary N) is 1. The monoisotopic (exact) mass is 394 g/mol. The summed E-state index contributed by atoms with van der Waals surface area (Å²) in [4.78, 5) is 24.3. The number of carbonyl (C=O) groups excluding carboxylic acids is 1. The summed E-state index contributed by atoms with van der Waals surface area (Å²) < 4.78 is 0. The predicted molar refractivity (Wildman–Crippen MR) is 118 cm³/mol. The number of aromatic nitrogens is 2. The van der Waals surface area contributed by atoms with Crippen LogP contribution < -0.4 is 10.2 Å². The molecule has 0 spiro atoms. The number of carbonyl (C=O) groups is 1. The Kier molecular flexibility index (Phi) is 6.25. The smallest absolute Gasteiger partial charge is 0.252 e. The third-order valence-corrected chi connectivity index (χ3v) is 6.24. The SMILES string of the molecule is CN(c1ccc(C(C)(C)C)cc1)C(C)(C(=O)NC1CCCCC1)c1cnccn1. The van der Waals surface area contributed by atoms with Crippen LogP contribution >= 0.6 is 0 Å². The number of likely N-dealkylation sites (N-methyl/N-ethyl adjacent to an activating group) is 1. The fourth-order valence-electron chi connectivity index (χ4n) is 4.01. The second-order valence-electron chi connectivity index (χ2n) is 9.33. The van der Waals surface area contributed by atoms with E-state index >= 15 is 0 Å². The van der Waals surface area contributed by atoms with Crippen LogP contribution in [0.1, 0.15) is 71.1 Å². The molecule has 3 rings (SSSR count). The highest BCUT2D eigenvalue weighted by atomic mass is 16.2. The second-order valence-corrected chi connectivity index (χ2v) is 9.33. The minimum atomic E-state index is -0.949. The summed E-state index contributed by atoms with van der Waals surface area (Å²) in [7, 11) is 1.96. The van der Waals surface area contributed by atoms with Crippen LogP contribution in [0.25, 0.3) is 0 Å². The van der Waals surface area contributed by atoms with Crippen molar-refractivity contribution < 1.29 is 4.79 Å². The topological polar surface area (TPSA) is 58.1 Å². The molecule has 0 bridgehead atoms. The molecule has 1 aliphatic rings. The highest BCUT2D eigenvalue weighted by molar-refractivity contribution is 5.90. The van der Waals surface area contributed by atoms with E-state index in [2.05, 4.69) is 60.3 Å². The summed E-state index contributed by atoms with van der Waals surface area (Å²) in [6, 6.07) is 8.69. The van der Waals surface area contributed by atoms with E-state index in [1.807, 2.05) is 18.9 Å². The first kappa shape index (κ1) is 21.3. The summed E-state index contributed by atoms with van der Waals surface area (Å²) >= 11 is 0. The van der Waals surface area contributed by atoms with E-state index in [1.54, 1.807) is 18.6 Å². The van der Waals surface area contributed by atoms with Gasteiger partial charge in [0.25, 0.3) is 5.91 Å². The van der Waals surface area contributed by atoms with E-state index < -0.39 is 5.54 Å². The fraction of sp³-hybridized carbons (Fsp3) is 0.542. The van der Waals surface area contributed by atoms with E-state index in [9.17, 15) is 4.79 Å². The minimum absolute atomic E-state index is 0.0210. The van der Waals surface area contributed by atoms with Crippen LogP contribution in [0.3, 0.4) is 0 Å². The molecule has 1 unspecified atom stereocenters. The van der Waals surface area contributed by atoms with Gasteiger partial charge in [0.15, 0.2) is 5.54 Å². The molecule has 2 aromatic rings. The summed E-state index contributed by atoms with van der Waals surface area (Å²) in [6.45, 7) is 8.54. The third kappa shape index (κ3) is 4.60. The molecule has 1 aromatic carbocycles. The van der Waals surface area contributed by atoms with Gasteiger partial charge in [-0.05, 0) is 42.9 Å². The zero-order chi connectivity index (χ0) is 21.1. The third-order valence-electron chi connectivity index (χ3n) is 6.24. The van der Waals surface area contributed by atoms with Crippen molar-refractivity contribution in [2.75, 3.05) is 11.9 Å². The van der Waals surface area contributed by atoms with Gasteiger partial charge in [0.1, 0.15) is 0 Å². The largest absolute Gasteiger partial charge is 0.356 e. The number of amides is 1. The minimum Gasteiger partial charge on any atom is -0.356 e. The lowest BCUT2D eigenvalue weighted by molar-refractivity contribution is -0.127. The first-order chi connectivity index (χ1) is 13.7. The van der Waals surface area contributed by atoms with Gasteiger partial charge in [-0.1, -0.05) is 52.2 Å². The van der Waals surface area contributed by atoms with Crippen molar-refractivity contribution in [1.29, 1.82) is 0 Å². The lowest BCUT2D eigenvalue weighted by Gasteiger charge is -2.40. The van der Waals surface area contributed by atoms with E-state index in [0.29, 0.717) is 5.69 Å². The molecule has 29 heavy (non-hydrogen) atoms. The summed E-state index contributed by atoms with van der Waals surface area (Å²) in [5.41, 5.74) is 2.03. The van der Waals surface area contributed by atoms with Crippen LogP contribution in [0.15, 0.2) is 42.9 Å². The molecule has 1 fully saturated rings. The van der Waals surface area contributed by atoms with Crippen LogP contribution in [-0.4, -0.2) is 29.0 Å². The van der Waals surface area contributed by atoms with Gasteiger partial charge in [0.2, 0.25) is 0 Å². The van der Waals surface area contributed by atoms with Gasteiger partial charge >= 0.3 is 0 Å². The van der Waals surface area contributed by atoms with Crippen molar-refractivity contribution in [3.63, 3.8) is 0 Å². The van der Waals surface area contributed by atoms with Crippen molar-refractivity contribution in [3.8, 4) is 0 Å². The standard InChI is InChI=1S/C24H34N4O/c1-23(2,3)18-11-13-20(14-12-18)28(5)24(4,21-17-25-15-16-26-21)22(29)27-19-9-7-6-8-10-19/h11-17,19H,6-10H2,1-5H3,(H,27,29). The Morgan fingerprint density at radius 1 is 1.03 bits per heavy atom. The summed E-state index contributed by atoms with van der Waals surface area (Å²) in [5, 5.41) is 3.30. The number of nitrogens with zero attached hydrogens (tertiary/aromatic N) is 3. The number of benzene rings is 1. The molecule has 1 amide bonds. The average Bonchev–Trinajstić information content (AvgIpc) is 2.73. The van der Waals surface area contributed by atoms with Gasteiger partial charge in [-0.3, -0.25) is 14.8 Å². The van der Waals surface area contributed by atoms with Crippen LogP contribution in [-0.2, 0) is 15.7 Å². The van der Waals surface area contributed by atoms with Crippen LogP contribution in [0.2, 0.25) is 0 Å². The maximum atomic E-state index is 13.6. The fourth-order valence-corrected chi connectivity index (χ4v) is 4.01. The molecular formula is C24H34N4O. The maximum Gasteiger partial charge on any atom is 0.252 e. The molecule has 1 aliphatic carbocycles. The van der Waals surface area contributed by atoms with E-state index in [0.717, 1.165) is 18.5 Å². The van der Waals surface area contributed by atoms with Gasteiger partial charge in [-0.25, -0.2) is 0 Å². The number of hydrogen-bond donors (Lipinski definition) is 1. The summed E-state index contributed by atoms with van der Waals surface area (Å²) in [5.74, 6) is -0.0210. The molecule has 1 aromatic heterocycles. The quantitative estimate of drug-likeness (QED) is 0.807. The Morgan fingerprint density at radius 3 is 2.24 bits per heavy atom. The van der Waals surface area contributed by atoms with E-state index in [-0.39, 0.29) is 17.4 Å². The molecular weight excluding hydrogens is 360 g/mol. The molecule has 5 heteroatoms. The van der Waals surface area contributed by atoms with Crippen LogP contribution in [0, 0.1) is 0 Å². The van der Waals surface area contributed by atoms with Crippen molar-refractivity contribution in [1.82, 2.24) is 15.3 Å². The van der Waals surface area contributed by atoms with Crippen molar-refractivity contribution in [3.05, 3.63) is 54.1 Å².